The molecule has 1 aliphatic heterocycles. The fourth-order valence-corrected chi connectivity index (χ4v) is 2.12. The van der Waals surface area contributed by atoms with E-state index >= 15 is 0 Å². The maximum Gasteiger partial charge on any atom is 0.354 e. The number of nitrogens with one attached hydrogen (secondary N) is 1. The fraction of sp³-hybridized carbons (Fsp3) is 0.462. The fourth-order valence-electron chi connectivity index (χ4n) is 2.12. The maximum atomic E-state index is 11.4. The lowest BCUT2D eigenvalue weighted by Crippen LogP contribution is -2.46. The molecule has 6 heteroatoms. The van der Waals surface area contributed by atoms with Gasteiger partial charge in [0.05, 0.1) is 5.69 Å². The summed E-state index contributed by atoms with van der Waals surface area (Å²) in [6.07, 6.45) is 1.36. The van der Waals surface area contributed by atoms with Gasteiger partial charge in [-0.1, -0.05) is 6.07 Å². The van der Waals surface area contributed by atoms with Gasteiger partial charge in [0.2, 0.25) is 5.91 Å². The number of amides is 1. The number of nitrogens with zero attached hydrogens (tertiary/aromatic N) is 2. The molecule has 0 saturated carbocycles. The monoisotopic (exact) mass is 263 g/mol. The molecule has 102 valence electrons. The van der Waals surface area contributed by atoms with Crippen LogP contribution in [0.3, 0.4) is 0 Å². The average molecular weight is 263 g/mol. The van der Waals surface area contributed by atoms with E-state index in [0.29, 0.717) is 25.2 Å². The van der Waals surface area contributed by atoms with Crippen molar-refractivity contribution >= 4 is 11.9 Å². The van der Waals surface area contributed by atoms with Crippen molar-refractivity contribution in [3.63, 3.8) is 0 Å². The number of likely N-dealkylation sites (N-methyl/N-ethyl adjacent to an activating group) is 1. The van der Waals surface area contributed by atoms with E-state index in [2.05, 4.69) is 10.3 Å². The number of carbonyl (C=O) groups excluding carboxylic acids is 1. The third kappa shape index (κ3) is 3.51. The van der Waals surface area contributed by atoms with Crippen LogP contribution in [-0.2, 0) is 11.3 Å². The zero-order valence-corrected chi connectivity index (χ0v) is 10.8. The quantitative estimate of drug-likeness (QED) is 0.826. The second-order valence-electron chi connectivity index (χ2n) is 4.71. The first-order chi connectivity index (χ1) is 9.06. The number of aromatic carboxylic acids is 1. The standard InChI is InChI=1S/C13H17N3O3/c1-16-8-10(5-6-12(16)17)14-7-9-3-2-4-11(15-9)13(18)19/h2-4,10,14H,5-8H2,1H3,(H,18,19). The molecule has 2 rings (SSSR count). The van der Waals surface area contributed by atoms with Crippen LogP contribution in [0.15, 0.2) is 18.2 Å². The lowest BCUT2D eigenvalue weighted by molar-refractivity contribution is -0.132. The minimum absolute atomic E-state index is 0.0511. The Hall–Kier alpha value is -1.95. The van der Waals surface area contributed by atoms with E-state index in [4.69, 9.17) is 5.11 Å². The molecule has 1 amide bonds. The topological polar surface area (TPSA) is 82.5 Å². The van der Waals surface area contributed by atoms with Gasteiger partial charge in [0.15, 0.2) is 0 Å². The smallest absolute Gasteiger partial charge is 0.354 e. The highest BCUT2D eigenvalue weighted by molar-refractivity contribution is 5.85. The summed E-state index contributed by atoms with van der Waals surface area (Å²) in [5.74, 6) is -0.853. The van der Waals surface area contributed by atoms with Gasteiger partial charge in [-0.15, -0.1) is 0 Å². The third-order valence-corrected chi connectivity index (χ3v) is 3.22. The van der Waals surface area contributed by atoms with Crippen molar-refractivity contribution in [2.75, 3.05) is 13.6 Å². The van der Waals surface area contributed by atoms with Crippen molar-refractivity contribution in [3.05, 3.63) is 29.6 Å². The Balaban J connectivity index is 1.90. The van der Waals surface area contributed by atoms with E-state index in [1.165, 1.54) is 6.07 Å². The molecular formula is C13H17N3O3. The Kier molecular flexibility index (Phi) is 4.11. The molecule has 1 fully saturated rings. The number of carbonyl (C=O) groups is 2. The number of rotatable bonds is 4. The summed E-state index contributed by atoms with van der Waals surface area (Å²) >= 11 is 0. The Labute approximate surface area is 111 Å². The predicted octanol–water partition coefficient (Wildman–Crippen LogP) is 0.490. The van der Waals surface area contributed by atoms with Gasteiger partial charge >= 0.3 is 5.97 Å². The van der Waals surface area contributed by atoms with Crippen LogP contribution in [0.5, 0.6) is 0 Å². The molecule has 6 nitrogen and oxygen atoms in total. The number of carboxylic acids is 1. The number of piperidine rings is 1. The molecule has 0 aliphatic carbocycles. The van der Waals surface area contributed by atoms with Crippen LogP contribution in [-0.4, -0.2) is 46.5 Å². The highest BCUT2D eigenvalue weighted by Crippen LogP contribution is 2.10. The molecule has 1 unspecified atom stereocenters. The molecular weight excluding hydrogens is 246 g/mol. The van der Waals surface area contributed by atoms with Crippen LogP contribution in [0.2, 0.25) is 0 Å². The number of hydrogen-bond acceptors (Lipinski definition) is 4. The van der Waals surface area contributed by atoms with Crippen LogP contribution in [0.4, 0.5) is 0 Å². The molecule has 0 aromatic carbocycles. The van der Waals surface area contributed by atoms with Crippen molar-refractivity contribution in [2.45, 2.75) is 25.4 Å². The minimum Gasteiger partial charge on any atom is -0.477 e. The summed E-state index contributed by atoms with van der Waals surface area (Å²) in [6.45, 7) is 1.19. The third-order valence-electron chi connectivity index (χ3n) is 3.22. The molecule has 1 atom stereocenters. The van der Waals surface area contributed by atoms with Gasteiger partial charge in [-0.3, -0.25) is 4.79 Å². The number of aromatic nitrogens is 1. The molecule has 0 bridgehead atoms. The first kappa shape index (κ1) is 13.5. The van der Waals surface area contributed by atoms with Gasteiger partial charge < -0.3 is 15.3 Å². The molecule has 0 radical (unpaired) electrons. The lowest BCUT2D eigenvalue weighted by atomic mass is 10.1. The van der Waals surface area contributed by atoms with E-state index in [0.717, 1.165) is 6.42 Å². The van der Waals surface area contributed by atoms with Crippen LogP contribution in [0, 0.1) is 0 Å². The molecule has 1 saturated heterocycles. The van der Waals surface area contributed by atoms with Crippen molar-refractivity contribution in [1.29, 1.82) is 0 Å². The Morgan fingerprint density at radius 1 is 1.58 bits per heavy atom. The van der Waals surface area contributed by atoms with Gasteiger partial charge in [-0.05, 0) is 18.6 Å². The molecule has 2 N–H and O–H groups in total. The minimum atomic E-state index is -1.02. The van der Waals surface area contributed by atoms with Gasteiger partial charge in [0.1, 0.15) is 5.69 Å². The summed E-state index contributed by atoms with van der Waals surface area (Å²) in [4.78, 5) is 27.9. The number of carboxylic acid groups (broad SMARTS) is 1. The van der Waals surface area contributed by atoms with E-state index in [9.17, 15) is 9.59 Å². The van der Waals surface area contributed by atoms with E-state index in [-0.39, 0.29) is 17.6 Å². The van der Waals surface area contributed by atoms with Gasteiger partial charge in [-0.2, -0.15) is 0 Å². The zero-order chi connectivity index (χ0) is 13.8. The van der Waals surface area contributed by atoms with Crippen LogP contribution in [0.25, 0.3) is 0 Å². The van der Waals surface area contributed by atoms with Crippen LogP contribution < -0.4 is 5.32 Å². The van der Waals surface area contributed by atoms with Crippen molar-refractivity contribution in [3.8, 4) is 0 Å². The first-order valence-electron chi connectivity index (χ1n) is 6.23. The van der Waals surface area contributed by atoms with Crippen LogP contribution in [0.1, 0.15) is 29.0 Å². The second kappa shape index (κ2) is 5.79. The molecule has 1 aromatic rings. The molecule has 2 heterocycles. The average Bonchev–Trinajstić information content (AvgIpc) is 2.40. The zero-order valence-electron chi connectivity index (χ0n) is 10.8. The van der Waals surface area contributed by atoms with E-state index in [1.54, 1.807) is 24.1 Å². The highest BCUT2D eigenvalue weighted by atomic mass is 16.4. The number of likely N-dealkylation sites (tertiary alicyclic amines) is 1. The van der Waals surface area contributed by atoms with Crippen LogP contribution >= 0.6 is 0 Å². The SMILES string of the molecule is CN1CC(NCc2cccc(C(=O)O)n2)CCC1=O. The molecule has 1 aliphatic rings. The second-order valence-corrected chi connectivity index (χ2v) is 4.71. The molecule has 0 spiro atoms. The summed E-state index contributed by atoms with van der Waals surface area (Å²) in [6, 6.07) is 5.18. The lowest BCUT2D eigenvalue weighted by Gasteiger charge is -2.30. The van der Waals surface area contributed by atoms with Gasteiger partial charge in [0, 0.05) is 32.6 Å². The van der Waals surface area contributed by atoms with Crippen molar-refractivity contribution in [1.82, 2.24) is 15.2 Å². The van der Waals surface area contributed by atoms with E-state index < -0.39 is 5.97 Å². The maximum absolute atomic E-state index is 11.4. The highest BCUT2D eigenvalue weighted by Gasteiger charge is 2.22. The Bertz CT molecular complexity index is 490. The van der Waals surface area contributed by atoms with Gasteiger partial charge in [-0.25, -0.2) is 9.78 Å². The summed E-state index contributed by atoms with van der Waals surface area (Å²) in [7, 11) is 1.79. The Morgan fingerprint density at radius 3 is 3.05 bits per heavy atom. The van der Waals surface area contributed by atoms with E-state index in [1.807, 2.05) is 0 Å². The predicted molar refractivity (Wildman–Crippen MR) is 68.7 cm³/mol. The summed E-state index contributed by atoms with van der Waals surface area (Å²) in [5.41, 5.74) is 0.745. The number of hydrogen-bond donors (Lipinski definition) is 2. The summed E-state index contributed by atoms with van der Waals surface area (Å²) < 4.78 is 0. The molecule has 1 aromatic heterocycles. The summed E-state index contributed by atoms with van der Waals surface area (Å²) in [5, 5.41) is 12.2. The van der Waals surface area contributed by atoms with Crippen molar-refractivity contribution < 1.29 is 14.7 Å². The van der Waals surface area contributed by atoms with Crippen molar-refractivity contribution in [2.24, 2.45) is 0 Å². The largest absolute Gasteiger partial charge is 0.477 e. The van der Waals surface area contributed by atoms with Gasteiger partial charge in [0.25, 0.3) is 0 Å². The molecule has 19 heavy (non-hydrogen) atoms. The number of pyridine rings is 1. The first-order valence-corrected chi connectivity index (χ1v) is 6.23. The normalized spacial score (nSPS) is 19.5. The Morgan fingerprint density at radius 2 is 2.37 bits per heavy atom.